The molecule has 3 heteroatoms. The Hall–Kier alpha value is -3.04. The van der Waals surface area contributed by atoms with Gasteiger partial charge in [0.25, 0.3) is 0 Å². The van der Waals surface area contributed by atoms with E-state index in [-0.39, 0.29) is 24.4 Å². The van der Waals surface area contributed by atoms with Gasteiger partial charge in [0.05, 0.1) is 4.86 Å². The van der Waals surface area contributed by atoms with Crippen molar-refractivity contribution in [1.29, 1.82) is 0 Å². The Morgan fingerprint density at radius 3 is 1.43 bits per heavy atom. The zero-order valence-electron chi connectivity index (χ0n) is 17.2. The molecule has 4 aromatic rings. The lowest BCUT2D eigenvalue weighted by molar-refractivity contribution is -0.115. The van der Waals surface area contributed by atoms with E-state index in [2.05, 4.69) is 0 Å². The highest BCUT2D eigenvalue weighted by Crippen LogP contribution is 2.22. The molecule has 0 fully saturated rings. The van der Waals surface area contributed by atoms with Crippen molar-refractivity contribution < 1.29 is 9.59 Å². The predicted molar refractivity (Wildman–Crippen MR) is 130 cm³/mol. The van der Waals surface area contributed by atoms with Crippen LogP contribution in [-0.2, 0) is 22.4 Å². The van der Waals surface area contributed by atoms with E-state index < -0.39 is 10.5 Å². The molecule has 4 rings (SSSR count). The summed E-state index contributed by atoms with van der Waals surface area (Å²) < 4.78 is 0. The number of ketones is 2. The van der Waals surface area contributed by atoms with Crippen molar-refractivity contribution in [3.05, 3.63) is 96.1 Å². The molecule has 0 aromatic heterocycles. The fraction of sp³-hybridized carbons (Fsp3) is 0.148. The molecular formula is C27H24O2S. The number of benzene rings is 4. The number of hydrogen-bond acceptors (Lipinski definition) is 2. The van der Waals surface area contributed by atoms with Gasteiger partial charge in [0.1, 0.15) is 0 Å². The van der Waals surface area contributed by atoms with Gasteiger partial charge in [-0.25, -0.2) is 0 Å². The van der Waals surface area contributed by atoms with E-state index in [0.29, 0.717) is 4.86 Å². The van der Waals surface area contributed by atoms with Crippen molar-refractivity contribution in [2.75, 3.05) is 12.5 Å². The molecule has 0 atom stereocenters. The lowest BCUT2D eigenvalue weighted by Crippen LogP contribution is -2.27. The van der Waals surface area contributed by atoms with Crippen LogP contribution in [0.4, 0.5) is 0 Å². The summed E-state index contributed by atoms with van der Waals surface area (Å²) in [6.45, 7) is 0. The normalized spacial score (nSPS) is 11.2. The van der Waals surface area contributed by atoms with Crippen molar-refractivity contribution in [2.24, 2.45) is 0 Å². The third-order valence-electron chi connectivity index (χ3n) is 5.38. The van der Waals surface area contributed by atoms with Crippen molar-refractivity contribution in [1.82, 2.24) is 0 Å². The molecular weight excluding hydrogens is 388 g/mol. The zero-order chi connectivity index (χ0) is 21.1. The van der Waals surface area contributed by atoms with Crippen LogP contribution < -0.4 is 0 Å². The van der Waals surface area contributed by atoms with Crippen LogP contribution >= 0.6 is 10.5 Å². The number of fused-ring (bicyclic) bond motifs is 2. The van der Waals surface area contributed by atoms with E-state index in [4.69, 9.17) is 0 Å². The van der Waals surface area contributed by atoms with E-state index in [9.17, 15) is 9.59 Å². The van der Waals surface area contributed by atoms with Crippen LogP contribution in [0.15, 0.2) is 84.9 Å². The summed E-state index contributed by atoms with van der Waals surface area (Å²) in [6.07, 6.45) is 4.42. The summed E-state index contributed by atoms with van der Waals surface area (Å²) in [7, 11) is -0.411. The monoisotopic (exact) mass is 412 g/mol. The average Bonchev–Trinajstić information content (AvgIpc) is 2.74. The number of carbonyl (C=O) groups excluding carboxylic acids is 2. The van der Waals surface area contributed by atoms with Crippen LogP contribution in [0.25, 0.3) is 21.5 Å². The number of Topliss-reactive ketones (excluding diaryl/α,β-unsaturated/α-hetero) is 2. The molecule has 0 aliphatic carbocycles. The van der Waals surface area contributed by atoms with Gasteiger partial charge in [-0.2, -0.15) is 10.5 Å². The Bertz CT molecular complexity index is 1190. The number of rotatable bonds is 6. The zero-order valence-corrected chi connectivity index (χ0v) is 18.0. The Morgan fingerprint density at radius 1 is 0.600 bits per heavy atom. The molecule has 0 N–H and O–H groups in total. The number of carbonyl (C=O) groups is 2. The standard InChI is InChI=1S/C27H24O2S/c1-30(2)27(25(28)17-21-13-7-11-19-9-3-5-15-23(19)21)26(29)18-22-14-8-12-20-10-4-6-16-24(20)22/h3-16H,17-18H2,1-2H3. The SMILES string of the molecule is CS(C)=C(C(=O)Cc1cccc2ccccc12)C(=O)Cc1cccc2ccccc12. The van der Waals surface area contributed by atoms with Gasteiger partial charge in [0.15, 0.2) is 11.6 Å². The summed E-state index contributed by atoms with van der Waals surface area (Å²) in [5, 5.41) is 4.36. The van der Waals surface area contributed by atoms with Crippen LogP contribution in [-0.4, -0.2) is 28.9 Å². The van der Waals surface area contributed by atoms with Gasteiger partial charge in [-0.3, -0.25) is 9.59 Å². The summed E-state index contributed by atoms with van der Waals surface area (Å²) in [6, 6.07) is 28.1. The fourth-order valence-corrected chi connectivity index (χ4v) is 5.07. The second kappa shape index (κ2) is 8.76. The van der Waals surface area contributed by atoms with Crippen LogP contribution in [0.5, 0.6) is 0 Å². The fourth-order valence-electron chi connectivity index (χ4n) is 4.01. The quantitative estimate of drug-likeness (QED) is 0.304. The van der Waals surface area contributed by atoms with Gasteiger partial charge in [0.2, 0.25) is 0 Å². The van der Waals surface area contributed by atoms with E-state index in [1.165, 1.54) is 0 Å². The molecule has 0 amide bonds. The smallest absolute Gasteiger partial charge is 0.176 e. The summed E-state index contributed by atoms with van der Waals surface area (Å²) >= 11 is 0. The van der Waals surface area contributed by atoms with Gasteiger partial charge < -0.3 is 0 Å². The first kappa shape index (κ1) is 20.2. The maximum absolute atomic E-state index is 13.2. The Morgan fingerprint density at radius 2 is 1.00 bits per heavy atom. The maximum atomic E-state index is 13.2. The largest absolute Gasteiger partial charge is 0.293 e. The molecule has 4 aromatic carbocycles. The maximum Gasteiger partial charge on any atom is 0.176 e. The molecule has 0 unspecified atom stereocenters. The lowest BCUT2D eigenvalue weighted by atomic mass is 9.96. The van der Waals surface area contributed by atoms with Crippen LogP contribution in [0.1, 0.15) is 11.1 Å². The van der Waals surface area contributed by atoms with E-state index in [1.54, 1.807) is 0 Å². The molecule has 0 saturated heterocycles. The highest BCUT2D eigenvalue weighted by Gasteiger charge is 2.21. The third-order valence-corrected chi connectivity index (χ3v) is 6.65. The van der Waals surface area contributed by atoms with Gasteiger partial charge in [-0.05, 0) is 45.2 Å². The lowest BCUT2D eigenvalue weighted by Gasteiger charge is -2.12. The summed E-state index contributed by atoms with van der Waals surface area (Å²) in [5.74, 6) is -0.130. The first-order chi connectivity index (χ1) is 14.5. The predicted octanol–water partition coefficient (Wildman–Crippen LogP) is 5.62. The molecule has 0 radical (unpaired) electrons. The molecule has 0 bridgehead atoms. The minimum absolute atomic E-state index is 0.0649. The van der Waals surface area contributed by atoms with Crippen LogP contribution in [0.3, 0.4) is 0 Å². The van der Waals surface area contributed by atoms with E-state index >= 15 is 0 Å². The summed E-state index contributed by atoms with van der Waals surface area (Å²) in [5.41, 5.74) is 1.94. The van der Waals surface area contributed by atoms with Crippen molar-refractivity contribution in [3.63, 3.8) is 0 Å². The Labute approximate surface area is 179 Å². The molecule has 0 spiro atoms. The van der Waals surface area contributed by atoms with Gasteiger partial charge in [0, 0.05) is 12.8 Å². The highest BCUT2D eigenvalue weighted by molar-refractivity contribution is 8.16. The molecule has 0 saturated carbocycles. The first-order valence-electron chi connectivity index (χ1n) is 9.99. The van der Waals surface area contributed by atoms with Crippen LogP contribution in [0.2, 0.25) is 0 Å². The first-order valence-corrected chi connectivity index (χ1v) is 12.0. The van der Waals surface area contributed by atoms with E-state index in [1.807, 2.05) is 97.4 Å². The molecule has 0 heterocycles. The van der Waals surface area contributed by atoms with Crippen molar-refractivity contribution in [3.8, 4) is 0 Å². The number of hydrogen-bond donors (Lipinski definition) is 0. The van der Waals surface area contributed by atoms with E-state index in [0.717, 1.165) is 32.7 Å². The average molecular weight is 413 g/mol. The van der Waals surface area contributed by atoms with Gasteiger partial charge >= 0.3 is 0 Å². The molecule has 0 aliphatic rings. The summed E-state index contributed by atoms with van der Waals surface area (Å²) in [4.78, 5) is 26.9. The minimum Gasteiger partial charge on any atom is -0.293 e. The Balaban J connectivity index is 1.63. The van der Waals surface area contributed by atoms with Gasteiger partial charge in [-0.15, -0.1) is 0 Å². The highest BCUT2D eigenvalue weighted by atomic mass is 32.2. The molecule has 30 heavy (non-hydrogen) atoms. The molecule has 0 aliphatic heterocycles. The second-order valence-electron chi connectivity index (χ2n) is 7.62. The molecule has 150 valence electrons. The minimum atomic E-state index is -0.411. The topological polar surface area (TPSA) is 34.1 Å². The van der Waals surface area contributed by atoms with Crippen LogP contribution in [0, 0.1) is 0 Å². The third kappa shape index (κ3) is 4.12. The van der Waals surface area contributed by atoms with Crippen molar-refractivity contribution >= 4 is 48.5 Å². The van der Waals surface area contributed by atoms with Gasteiger partial charge in [-0.1, -0.05) is 84.9 Å². The second-order valence-corrected chi connectivity index (χ2v) is 9.66. The van der Waals surface area contributed by atoms with Crippen molar-refractivity contribution in [2.45, 2.75) is 12.8 Å². The Kier molecular flexibility index (Phi) is 5.91. The molecule has 2 nitrogen and oxygen atoms in total.